The first kappa shape index (κ1) is 31.6. The van der Waals surface area contributed by atoms with E-state index in [0.29, 0.717) is 29.5 Å². The molecule has 0 bridgehead atoms. The molecule has 4 atom stereocenters. The number of aromatic nitrogens is 3. The van der Waals surface area contributed by atoms with Gasteiger partial charge in [-0.25, -0.2) is 8.78 Å². The van der Waals surface area contributed by atoms with E-state index >= 15 is 0 Å². The van der Waals surface area contributed by atoms with Gasteiger partial charge < -0.3 is 15.2 Å². The van der Waals surface area contributed by atoms with Crippen LogP contribution in [-0.2, 0) is 4.79 Å². The highest BCUT2D eigenvalue weighted by Gasteiger charge is 2.47. The van der Waals surface area contributed by atoms with Gasteiger partial charge in [0.25, 0.3) is 0 Å². The summed E-state index contributed by atoms with van der Waals surface area (Å²) in [5.74, 6) is -0.324. The van der Waals surface area contributed by atoms with Crippen molar-refractivity contribution in [1.82, 2.24) is 30.3 Å². The van der Waals surface area contributed by atoms with Crippen molar-refractivity contribution in [3.8, 4) is 0 Å². The summed E-state index contributed by atoms with van der Waals surface area (Å²) >= 11 is 0. The zero-order valence-electron chi connectivity index (χ0n) is 26.9. The summed E-state index contributed by atoms with van der Waals surface area (Å²) in [4.78, 5) is 15.9. The molecule has 2 aliphatic carbocycles. The van der Waals surface area contributed by atoms with E-state index in [1.54, 1.807) is 0 Å². The summed E-state index contributed by atoms with van der Waals surface area (Å²) < 4.78 is 29.9. The molecule has 7 nitrogen and oxygen atoms in total. The van der Waals surface area contributed by atoms with E-state index in [1.165, 1.54) is 44.3 Å². The zero-order valence-corrected chi connectivity index (χ0v) is 26.9. The monoisotopic (exact) mass is 610 g/mol. The number of amides is 1. The molecule has 1 spiro atoms. The van der Waals surface area contributed by atoms with Crippen molar-refractivity contribution in [2.75, 3.05) is 19.6 Å². The van der Waals surface area contributed by atoms with Crippen molar-refractivity contribution < 1.29 is 13.6 Å². The number of carbonyl (C=O) groups excluding carboxylic acids is 1. The third-order valence-electron chi connectivity index (χ3n) is 11.6. The molecule has 2 saturated heterocycles. The molecule has 1 amide bonds. The number of nitrogens with one attached hydrogen (secondary N) is 2. The van der Waals surface area contributed by atoms with Crippen LogP contribution in [0.5, 0.6) is 0 Å². The fraction of sp³-hybridized carbons (Fsp3) is 0.743. The predicted octanol–water partition coefficient (Wildman–Crippen LogP) is 6.71. The van der Waals surface area contributed by atoms with Gasteiger partial charge in [0.15, 0.2) is 0 Å². The van der Waals surface area contributed by atoms with Crippen LogP contribution in [0.3, 0.4) is 0 Å². The molecule has 3 heterocycles. The van der Waals surface area contributed by atoms with Gasteiger partial charge in [0, 0.05) is 49.3 Å². The van der Waals surface area contributed by atoms with Crippen LogP contribution < -0.4 is 10.6 Å². The molecule has 2 saturated carbocycles. The Morgan fingerprint density at radius 2 is 1.75 bits per heavy atom. The third kappa shape index (κ3) is 6.88. The van der Waals surface area contributed by atoms with Gasteiger partial charge in [-0.05, 0) is 109 Å². The maximum atomic E-state index is 13.7. The van der Waals surface area contributed by atoms with Gasteiger partial charge in [0.1, 0.15) is 11.6 Å². The van der Waals surface area contributed by atoms with Crippen molar-refractivity contribution in [2.45, 2.75) is 134 Å². The van der Waals surface area contributed by atoms with E-state index in [-0.39, 0.29) is 43.6 Å². The first-order valence-electron chi connectivity index (χ1n) is 17.2. The highest BCUT2D eigenvalue weighted by Crippen LogP contribution is 2.56. The van der Waals surface area contributed by atoms with Crippen LogP contribution in [0.2, 0.25) is 0 Å². The molecule has 2 aromatic rings. The molecule has 1 aromatic carbocycles. The van der Waals surface area contributed by atoms with E-state index in [9.17, 15) is 13.6 Å². The lowest BCUT2D eigenvalue weighted by molar-refractivity contribution is -0.130. The SMILES string of the molecule is Cc1nnc(C2CC3(CCNCC3)C2)n1C(C)CC1CCC(C)N1CCC(NC(=O)C1CCC(F)(F)CC1)c1ccccc1. The molecule has 2 aliphatic heterocycles. The number of nitrogens with zero attached hydrogens (tertiary/aromatic N) is 4. The average molecular weight is 611 g/mol. The molecule has 6 rings (SSSR count). The van der Waals surface area contributed by atoms with Gasteiger partial charge in [-0.1, -0.05) is 30.3 Å². The highest BCUT2D eigenvalue weighted by atomic mass is 19.3. The quantitative estimate of drug-likeness (QED) is 0.313. The number of likely N-dealkylation sites (tertiary alicyclic amines) is 1. The Morgan fingerprint density at radius 1 is 1.05 bits per heavy atom. The van der Waals surface area contributed by atoms with Crippen molar-refractivity contribution in [1.29, 1.82) is 0 Å². The molecule has 4 aliphatic rings. The number of carbonyl (C=O) groups is 1. The number of alkyl halides is 2. The number of hydrogen-bond acceptors (Lipinski definition) is 5. The molecule has 4 unspecified atom stereocenters. The Hall–Kier alpha value is -2.39. The lowest BCUT2D eigenvalue weighted by Gasteiger charge is -2.50. The Labute approximate surface area is 261 Å². The highest BCUT2D eigenvalue weighted by molar-refractivity contribution is 5.79. The minimum absolute atomic E-state index is 0.0770. The largest absolute Gasteiger partial charge is 0.349 e. The standard InChI is InChI=1S/C35H52F2N6O/c1-24-9-10-30(21-25(2)43-26(3)40-41-32(43)29-22-34(23-29)16-18-38-19-17-34)42(24)20-13-31(27-7-5-4-6-8-27)39-33(44)28-11-14-35(36,37)15-12-28/h4-8,24-25,28-31,38H,9-23H2,1-3H3,(H,39,44). The van der Waals surface area contributed by atoms with Crippen molar-refractivity contribution in [2.24, 2.45) is 11.3 Å². The van der Waals surface area contributed by atoms with Gasteiger partial charge in [-0.2, -0.15) is 0 Å². The Balaban J connectivity index is 1.09. The summed E-state index contributed by atoms with van der Waals surface area (Å²) in [5, 5.41) is 16.1. The van der Waals surface area contributed by atoms with Crippen molar-refractivity contribution >= 4 is 5.91 Å². The van der Waals surface area contributed by atoms with Gasteiger partial charge >= 0.3 is 0 Å². The molecule has 44 heavy (non-hydrogen) atoms. The molecule has 242 valence electrons. The second kappa shape index (κ2) is 13.1. The number of aryl methyl sites for hydroxylation is 1. The summed E-state index contributed by atoms with van der Waals surface area (Å²) in [6, 6.07) is 11.3. The predicted molar refractivity (Wildman–Crippen MR) is 169 cm³/mol. The summed E-state index contributed by atoms with van der Waals surface area (Å²) in [6.45, 7) is 9.92. The van der Waals surface area contributed by atoms with E-state index in [2.05, 4.69) is 58.1 Å². The van der Waals surface area contributed by atoms with Gasteiger partial charge in [0.05, 0.1) is 6.04 Å². The number of halogens is 2. The molecule has 0 radical (unpaired) electrons. The van der Waals surface area contributed by atoms with Crippen LogP contribution in [0.4, 0.5) is 8.78 Å². The number of benzene rings is 1. The van der Waals surface area contributed by atoms with Gasteiger partial charge in [0.2, 0.25) is 11.8 Å². The first-order valence-corrected chi connectivity index (χ1v) is 17.2. The first-order chi connectivity index (χ1) is 21.1. The van der Waals surface area contributed by atoms with Gasteiger partial charge in [-0.15, -0.1) is 10.2 Å². The lowest BCUT2D eigenvalue weighted by atomic mass is 9.57. The van der Waals surface area contributed by atoms with Crippen LogP contribution in [-0.4, -0.2) is 63.2 Å². The molecular formula is C35H52F2N6O. The Morgan fingerprint density at radius 3 is 2.45 bits per heavy atom. The second-order valence-corrected chi connectivity index (χ2v) is 14.6. The number of piperidine rings is 1. The average Bonchev–Trinajstić information content (AvgIpc) is 3.55. The maximum Gasteiger partial charge on any atom is 0.248 e. The van der Waals surface area contributed by atoms with E-state index in [4.69, 9.17) is 5.10 Å². The Bertz CT molecular complexity index is 1240. The minimum Gasteiger partial charge on any atom is -0.349 e. The molecule has 9 heteroatoms. The van der Waals surface area contributed by atoms with Crippen LogP contribution >= 0.6 is 0 Å². The van der Waals surface area contributed by atoms with Crippen LogP contribution in [0.25, 0.3) is 0 Å². The summed E-state index contributed by atoms with van der Waals surface area (Å²) in [6.07, 6.45) is 9.34. The fourth-order valence-corrected chi connectivity index (χ4v) is 8.90. The van der Waals surface area contributed by atoms with E-state index in [1.807, 2.05) is 18.2 Å². The zero-order chi connectivity index (χ0) is 30.9. The molecule has 2 N–H and O–H groups in total. The van der Waals surface area contributed by atoms with Gasteiger partial charge in [-0.3, -0.25) is 9.69 Å². The topological polar surface area (TPSA) is 75.1 Å². The minimum atomic E-state index is -2.63. The van der Waals surface area contributed by atoms with E-state index in [0.717, 1.165) is 43.9 Å². The van der Waals surface area contributed by atoms with Crippen molar-refractivity contribution in [3.63, 3.8) is 0 Å². The number of rotatable bonds is 10. The van der Waals surface area contributed by atoms with Crippen LogP contribution in [0.15, 0.2) is 30.3 Å². The molecule has 1 aromatic heterocycles. The lowest BCUT2D eigenvalue weighted by Crippen LogP contribution is -2.45. The van der Waals surface area contributed by atoms with Crippen LogP contribution in [0, 0.1) is 18.3 Å². The smallest absolute Gasteiger partial charge is 0.248 e. The van der Waals surface area contributed by atoms with Crippen LogP contribution in [0.1, 0.15) is 126 Å². The van der Waals surface area contributed by atoms with E-state index < -0.39 is 5.92 Å². The van der Waals surface area contributed by atoms with Crippen molar-refractivity contribution in [3.05, 3.63) is 47.5 Å². The molecular weight excluding hydrogens is 558 g/mol. The summed E-state index contributed by atoms with van der Waals surface area (Å²) in [7, 11) is 0. The summed E-state index contributed by atoms with van der Waals surface area (Å²) in [5.41, 5.74) is 1.59. The number of hydrogen-bond donors (Lipinski definition) is 2. The fourth-order valence-electron chi connectivity index (χ4n) is 8.90. The maximum absolute atomic E-state index is 13.7. The normalized spacial score (nSPS) is 27.2. The Kier molecular flexibility index (Phi) is 9.44. The molecule has 4 fully saturated rings. The second-order valence-electron chi connectivity index (χ2n) is 14.6. The third-order valence-corrected chi connectivity index (χ3v) is 11.6.